The van der Waals surface area contributed by atoms with E-state index in [9.17, 15) is 0 Å². The van der Waals surface area contributed by atoms with E-state index in [-0.39, 0.29) is 0 Å². The summed E-state index contributed by atoms with van der Waals surface area (Å²) in [4.78, 5) is 0. The van der Waals surface area contributed by atoms with E-state index >= 15 is 9.13 Å². The number of rotatable bonds is 10. The van der Waals surface area contributed by atoms with Crippen LogP contribution in [0.4, 0.5) is 0 Å². The third kappa shape index (κ3) is 5.58. The predicted octanol–water partition coefficient (Wildman–Crippen LogP) is 6.70. The topological polar surface area (TPSA) is 47.1 Å². The van der Waals surface area contributed by atoms with Crippen LogP contribution < -0.4 is 21.2 Å². The first kappa shape index (κ1) is 34.8. The molecule has 0 saturated carbocycles. The van der Waals surface area contributed by atoms with Gasteiger partial charge in [-0.05, 0) is 67.7 Å². The van der Waals surface area contributed by atoms with Crippen molar-refractivity contribution in [3.63, 3.8) is 0 Å². The summed E-state index contributed by atoms with van der Waals surface area (Å²) in [6.45, 7) is 0. The van der Waals surface area contributed by atoms with Gasteiger partial charge >= 0.3 is 0 Å². The molecule has 0 spiro atoms. The van der Waals surface area contributed by atoms with Gasteiger partial charge in [0.2, 0.25) is 0 Å². The predicted molar refractivity (Wildman–Crippen MR) is 207 cm³/mol. The Balaban J connectivity index is 2.20. The van der Waals surface area contributed by atoms with Crippen molar-refractivity contribution in [1.82, 2.24) is 18.7 Å². The smallest absolute Gasteiger partial charge is 0.174 e. The van der Waals surface area contributed by atoms with Gasteiger partial charge in [0.1, 0.15) is 0 Å². The number of benzene rings is 4. The van der Waals surface area contributed by atoms with Crippen molar-refractivity contribution in [1.29, 1.82) is 0 Å². The zero-order valence-electron chi connectivity index (χ0n) is 28.1. The summed E-state index contributed by atoms with van der Waals surface area (Å²) in [5.74, 6) is 2.26. The fourth-order valence-electron chi connectivity index (χ4n) is 6.43. The molecule has 0 aliphatic carbocycles. The maximum Gasteiger partial charge on any atom is 0.174 e. The first-order valence-electron chi connectivity index (χ1n) is 15.3. The summed E-state index contributed by atoms with van der Waals surface area (Å²) in [6.07, 6.45) is 0. The molecule has 0 N–H and O–H groups in total. The number of hydrogen-bond acceptors (Lipinski definition) is 6. The van der Waals surface area contributed by atoms with Crippen LogP contribution in [0.3, 0.4) is 0 Å². The Labute approximate surface area is 276 Å². The Bertz CT molecular complexity index is 1810. The van der Waals surface area contributed by atoms with E-state index in [0.717, 1.165) is 26.3 Å². The van der Waals surface area contributed by atoms with E-state index in [0.29, 0.717) is 5.31 Å². The lowest BCUT2D eigenvalue weighted by molar-refractivity contribution is 0.569. The molecule has 0 aromatic heterocycles. The van der Waals surface area contributed by atoms with Gasteiger partial charge in [0.25, 0.3) is 0 Å². The van der Waals surface area contributed by atoms with Crippen LogP contribution in [-0.2, 0) is 9.13 Å². The van der Waals surface area contributed by atoms with E-state index in [4.69, 9.17) is 0 Å². The molecule has 0 bridgehead atoms. The fourth-order valence-corrected chi connectivity index (χ4v) is 27.5. The van der Waals surface area contributed by atoms with Gasteiger partial charge < -0.3 is 9.13 Å². The molecule has 0 saturated heterocycles. The van der Waals surface area contributed by atoms with Crippen LogP contribution in [0.2, 0.25) is 0 Å². The second kappa shape index (κ2) is 13.6. The monoisotopic (exact) mass is 690 g/mol. The standard InChI is InChI=1S/C36H46N4O2P4/c1-37(2)43(38(3)4)29-35(45(41,31-21-13-9-14-22-31)32-23-15-10-16-24-32)36(44(30-43,39(5)6)40(7)8)46(42,33-25-17-11-18-26-33)34-27-19-12-20-28-34/h9-30H,1-8H3. The average Bonchev–Trinajstić information content (AvgIpc) is 3.08. The van der Waals surface area contributed by atoms with Gasteiger partial charge in [-0.2, -0.15) is 0 Å². The normalized spacial score (nSPS) is 16.5. The molecule has 0 atom stereocenters. The highest BCUT2D eigenvalue weighted by Crippen LogP contribution is 2.81. The Morgan fingerprint density at radius 3 is 1.02 bits per heavy atom. The third-order valence-corrected chi connectivity index (χ3v) is 26.2. The van der Waals surface area contributed by atoms with E-state index in [2.05, 4.69) is 86.4 Å². The first-order valence-corrected chi connectivity index (χ1v) is 22.3. The summed E-state index contributed by atoms with van der Waals surface area (Å²) in [5, 5.41) is 4.38. The Morgan fingerprint density at radius 1 is 0.435 bits per heavy atom. The minimum atomic E-state index is -3.65. The highest BCUT2D eigenvalue weighted by atomic mass is 31.2. The fraction of sp³-hybridized carbons (Fsp3) is 0.222. The molecular formula is C36H46N4O2P4. The second-order valence-corrected chi connectivity index (χ2v) is 25.6. The maximum atomic E-state index is 16.8. The Hall–Kier alpha value is -2.48. The third-order valence-electron chi connectivity index (χ3n) is 8.80. The van der Waals surface area contributed by atoms with E-state index in [1.807, 2.05) is 121 Å². The number of hydrogen-bond donors (Lipinski definition) is 0. The molecule has 242 valence electrons. The largest absolute Gasteiger partial charge is 0.309 e. The SMILES string of the molecule is CN(C)P1(N(C)C)=CC(P(=O)(c2ccccc2)c2ccccc2)=C(P(=O)(c2ccccc2)c2ccccc2)P(N(C)C)(N(C)C)=C1. The van der Waals surface area contributed by atoms with Crippen molar-refractivity contribution in [3.8, 4) is 0 Å². The molecule has 46 heavy (non-hydrogen) atoms. The quantitative estimate of drug-likeness (QED) is 0.173. The Morgan fingerprint density at radius 2 is 0.739 bits per heavy atom. The van der Waals surface area contributed by atoms with E-state index in [1.165, 1.54) is 0 Å². The molecule has 6 nitrogen and oxygen atoms in total. The molecule has 0 radical (unpaired) electrons. The van der Waals surface area contributed by atoms with Crippen LogP contribution in [-0.4, -0.2) is 86.4 Å². The minimum absolute atomic E-state index is 0.690. The van der Waals surface area contributed by atoms with Gasteiger partial charge in [-0.3, -0.25) is 18.7 Å². The van der Waals surface area contributed by atoms with Gasteiger partial charge in [-0.25, -0.2) is 0 Å². The summed E-state index contributed by atoms with van der Waals surface area (Å²) < 4.78 is 42.6. The lowest BCUT2D eigenvalue weighted by Crippen LogP contribution is -2.35. The lowest BCUT2D eigenvalue weighted by Gasteiger charge is -2.51. The summed E-state index contributed by atoms with van der Waals surface area (Å²) >= 11 is 0. The second-order valence-electron chi connectivity index (χ2n) is 12.3. The average molecular weight is 691 g/mol. The van der Waals surface area contributed by atoms with Crippen LogP contribution in [0.5, 0.6) is 0 Å². The molecule has 0 fully saturated rings. The van der Waals surface area contributed by atoms with Gasteiger partial charge in [-0.1, -0.05) is 121 Å². The highest BCUT2D eigenvalue weighted by molar-refractivity contribution is 8.07. The van der Waals surface area contributed by atoms with E-state index in [1.54, 1.807) is 0 Å². The summed E-state index contributed by atoms with van der Waals surface area (Å²) in [5.41, 5.74) is 2.48. The molecule has 1 heterocycles. The van der Waals surface area contributed by atoms with Crippen LogP contribution in [0.15, 0.2) is 132 Å². The number of allylic oxidation sites excluding steroid dienone is 1. The van der Waals surface area contributed by atoms with Crippen LogP contribution in [0.1, 0.15) is 0 Å². The van der Waals surface area contributed by atoms with Crippen LogP contribution >= 0.6 is 28.7 Å². The van der Waals surface area contributed by atoms with Crippen LogP contribution in [0, 0.1) is 0 Å². The Kier molecular flexibility index (Phi) is 10.3. The molecule has 4 aromatic carbocycles. The molecule has 0 unspecified atom stereocenters. The van der Waals surface area contributed by atoms with Gasteiger partial charge in [-0.15, -0.1) is 0 Å². The van der Waals surface area contributed by atoms with Gasteiger partial charge in [0.15, 0.2) is 14.3 Å². The van der Waals surface area contributed by atoms with Gasteiger partial charge in [0.05, 0.1) is 12.2 Å². The van der Waals surface area contributed by atoms with Crippen molar-refractivity contribution < 1.29 is 9.13 Å². The zero-order chi connectivity index (χ0) is 33.3. The van der Waals surface area contributed by atoms with Crippen LogP contribution in [0.25, 0.3) is 0 Å². The van der Waals surface area contributed by atoms with Crippen molar-refractivity contribution in [2.45, 2.75) is 0 Å². The molecular weight excluding hydrogens is 644 g/mol. The maximum absolute atomic E-state index is 16.8. The lowest BCUT2D eigenvalue weighted by atomic mass is 10.4. The van der Waals surface area contributed by atoms with Crippen molar-refractivity contribution >= 4 is 61.2 Å². The molecule has 4 aromatic rings. The highest BCUT2D eigenvalue weighted by Gasteiger charge is 2.51. The molecule has 1 aliphatic heterocycles. The van der Waals surface area contributed by atoms with Crippen molar-refractivity contribution in [2.24, 2.45) is 0 Å². The zero-order valence-corrected chi connectivity index (χ0v) is 31.7. The summed E-state index contributed by atoms with van der Waals surface area (Å²) in [6, 6.07) is 39.3. The number of nitrogens with zero attached hydrogens (tertiary/aromatic N) is 4. The molecule has 0 amide bonds. The summed E-state index contributed by atoms with van der Waals surface area (Å²) in [7, 11) is 4.27. The first-order chi connectivity index (χ1) is 21.9. The van der Waals surface area contributed by atoms with Crippen molar-refractivity contribution in [3.05, 3.63) is 132 Å². The van der Waals surface area contributed by atoms with Crippen molar-refractivity contribution in [2.75, 3.05) is 56.4 Å². The minimum Gasteiger partial charge on any atom is -0.309 e. The van der Waals surface area contributed by atoms with E-state index < -0.39 is 28.7 Å². The molecule has 1 aliphatic rings. The molecule has 5 rings (SSSR count). The van der Waals surface area contributed by atoms with Gasteiger partial charge in [0, 0.05) is 33.7 Å². The molecule has 10 heteroatoms.